The SMILES string of the molecule is CC(C)Cc1[nH]c(C(C)Cl)nc(=S)c1Br. The van der Waals surface area contributed by atoms with Gasteiger partial charge in [0, 0.05) is 5.69 Å². The maximum atomic E-state index is 5.98. The summed E-state index contributed by atoms with van der Waals surface area (Å²) >= 11 is 14.6. The zero-order chi connectivity index (χ0) is 11.6. The van der Waals surface area contributed by atoms with E-state index >= 15 is 0 Å². The fourth-order valence-corrected chi connectivity index (χ4v) is 1.94. The molecule has 15 heavy (non-hydrogen) atoms. The van der Waals surface area contributed by atoms with Crippen molar-refractivity contribution in [3.8, 4) is 0 Å². The van der Waals surface area contributed by atoms with E-state index in [0.29, 0.717) is 10.6 Å². The van der Waals surface area contributed by atoms with E-state index in [9.17, 15) is 0 Å². The van der Waals surface area contributed by atoms with Crippen molar-refractivity contribution in [3.63, 3.8) is 0 Å². The van der Waals surface area contributed by atoms with E-state index in [2.05, 4.69) is 39.7 Å². The summed E-state index contributed by atoms with van der Waals surface area (Å²) in [7, 11) is 0. The van der Waals surface area contributed by atoms with E-state index in [-0.39, 0.29) is 5.38 Å². The summed E-state index contributed by atoms with van der Waals surface area (Å²) in [6.07, 6.45) is 0.934. The first-order valence-corrected chi connectivity index (χ1v) is 6.48. The van der Waals surface area contributed by atoms with Crippen LogP contribution < -0.4 is 0 Å². The zero-order valence-electron chi connectivity index (χ0n) is 8.97. The number of H-pyrrole nitrogens is 1. The van der Waals surface area contributed by atoms with Crippen molar-refractivity contribution in [1.82, 2.24) is 9.97 Å². The van der Waals surface area contributed by atoms with E-state index in [1.165, 1.54) is 0 Å². The lowest BCUT2D eigenvalue weighted by Crippen LogP contribution is -2.05. The van der Waals surface area contributed by atoms with E-state index < -0.39 is 0 Å². The molecular formula is C10H14BrClN2S. The Morgan fingerprint density at radius 3 is 2.53 bits per heavy atom. The van der Waals surface area contributed by atoms with Gasteiger partial charge in [0.15, 0.2) is 0 Å². The highest BCUT2D eigenvalue weighted by molar-refractivity contribution is 9.10. The van der Waals surface area contributed by atoms with Crippen LogP contribution in [0.3, 0.4) is 0 Å². The van der Waals surface area contributed by atoms with Gasteiger partial charge in [0.25, 0.3) is 0 Å². The molecule has 84 valence electrons. The number of aromatic amines is 1. The van der Waals surface area contributed by atoms with Gasteiger partial charge in [-0.15, -0.1) is 11.6 Å². The van der Waals surface area contributed by atoms with Gasteiger partial charge in [-0.25, -0.2) is 4.98 Å². The molecule has 0 fully saturated rings. The van der Waals surface area contributed by atoms with Crippen molar-refractivity contribution in [3.05, 3.63) is 20.6 Å². The predicted octanol–water partition coefficient (Wildman–Crippen LogP) is 4.40. The summed E-state index contributed by atoms with van der Waals surface area (Å²) in [5.74, 6) is 1.30. The highest BCUT2D eigenvalue weighted by atomic mass is 79.9. The molecular weight excluding hydrogens is 296 g/mol. The van der Waals surface area contributed by atoms with Crippen molar-refractivity contribution in [2.45, 2.75) is 32.6 Å². The second-order valence-corrected chi connectivity index (χ2v) is 5.77. The lowest BCUT2D eigenvalue weighted by atomic mass is 10.1. The third kappa shape index (κ3) is 3.54. The number of nitrogens with one attached hydrogen (secondary N) is 1. The Morgan fingerprint density at radius 2 is 2.07 bits per heavy atom. The van der Waals surface area contributed by atoms with Gasteiger partial charge in [-0.05, 0) is 35.2 Å². The molecule has 0 aromatic carbocycles. The number of hydrogen-bond acceptors (Lipinski definition) is 2. The lowest BCUT2D eigenvalue weighted by Gasteiger charge is -2.11. The van der Waals surface area contributed by atoms with Crippen LogP contribution in [0.2, 0.25) is 0 Å². The summed E-state index contributed by atoms with van der Waals surface area (Å²) in [6, 6.07) is 0. The molecule has 0 aliphatic rings. The normalized spacial score (nSPS) is 13.2. The molecule has 2 nitrogen and oxygen atoms in total. The number of alkyl halides is 1. The highest BCUT2D eigenvalue weighted by Gasteiger charge is 2.10. The Bertz CT molecular complexity index is 401. The van der Waals surface area contributed by atoms with Gasteiger partial charge >= 0.3 is 0 Å². The van der Waals surface area contributed by atoms with Crippen LogP contribution in [0.25, 0.3) is 0 Å². The van der Waals surface area contributed by atoms with Crippen LogP contribution in [-0.2, 0) is 6.42 Å². The van der Waals surface area contributed by atoms with Crippen molar-refractivity contribution in [2.24, 2.45) is 5.92 Å². The standard InChI is InChI=1S/C10H14BrClN2S/c1-5(2)4-7-8(11)10(15)14-9(13-7)6(3)12/h5-6H,4H2,1-3H3,(H,13,14,15). The molecule has 1 aromatic heterocycles. The highest BCUT2D eigenvalue weighted by Crippen LogP contribution is 2.22. The van der Waals surface area contributed by atoms with Crippen LogP contribution >= 0.6 is 39.7 Å². The van der Waals surface area contributed by atoms with Crippen molar-refractivity contribution in [1.29, 1.82) is 0 Å². The number of rotatable bonds is 3. The van der Waals surface area contributed by atoms with Gasteiger partial charge in [0.05, 0.1) is 9.85 Å². The Balaban J connectivity index is 3.19. The number of hydrogen-bond donors (Lipinski definition) is 1. The van der Waals surface area contributed by atoms with Gasteiger partial charge in [-0.1, -0.05) is 26.1 Å². The minimum atomic E-state index is -0.147. The molecule has 0 spiro atoms. The van der Waals surface area contributed by atoms with Crippen molar-refractivity contribution >= 4 is 39.7 Å². The van der Waals surface area contributed by atoms with Gasteiger partial charge in [0.1, 0.15) is 10.5 Å². The smallest absolute Gasteiger partial charge is 0.144 e. The number of halogens is 2. The molecule has 0 aliphatic heterocycles. The molecule has 5 heteroatoms. The van der Waals surface area contributed by atoms with Crippen LogP contribution in [0.4, 0.5) is 0 Å². The van der Waals surface area contributed by atoms with E-state index in [1.807, 2.05) is 6.92 Å². The van der Waals surface area contributed by atoms with Gasteiger partial charge in [-0.2, -0.15) is 0 Å². The fraction of sp³-hybridized carbons (Fsp3) is 0.600. The molecule has 1 heterocycles. The van der Waals surface area contributed by atoms with Crippen LogP contribution in [0, 0.1) is 10.6 Å². The molecule has 0 radical (unpaired) electrons. The van der Waals surface area contributed by atoms with Crippen LogP contribution in [0.1, 0.15) is 37.7 Å². The Hall–Kier alpha value is 0.0700. The molecule has 0 saturated heterocycles. The third-order valence-corrected chi connectivity index (χ3v) is 3.56. The van der Waals surface area contributed by atoms with Gasteiger partial charge in [0.2, 0.25) is 0 Å². The monoisotopic (exact) mass is 308 g/mol. The predicted molar refractivity (Wildman–Crippen MR) is 69.9 cm³/mol. The molecule has 0 bridgehead atoms. The first-order valence-electron chi connectivity index (χ1n) is 4.84. The van der Waals surface area contributed by atoms with Crippen molar-refractivity contribution < 1.29 is 0 Å². The maximum absolute atomic E-state index is 5.98. The summed E-state index contributed by atoms with van der Waals surface area (Å²) in [5.41, 5.74) is 1.08. The Morgan fingerprint density at radius 1 is 1.47 bits per heavy atom. The summed E-state index contributed by atoms with van der Waals surface area (Å²) in [5, 5.41) is -0.147. The van der Waals surface area contributed by atoms with E-state index in [1.54, 1.807) is 0 Å². The molecule has 1 rings (SSSR count). The molecule has 0 amide bonds. The van der Waals surface area contributed by atoms with Crippen LogP contribution in [-0.4, -0.2) is 9.97 Å². The zero-order valence-corrected chi connectivity index (χ0v) is 12.1. The largest absolute Gasteiger partial charge is 0.345 e. The number of nitrogens with zero attached hydrogens (tertiary/aromatic N) is 1. The first kappa shape index (κ1) is 13.1. The van der Waals surface area contributed by atoms with E-state index in [4.69, 9.17) is 23.8 Å². The summed E-state index contributed by atoms with van der Waals surface area (Å²) in [4.78, 5) is 7.45. The Labute approximate surface area is 109 Å². The average molecular weight is 310 g/mol. The van der Waals surface area contributed by atoms with Gasteiger partial charge in [-0.3, -0.25) is 0 Å². The minimum absolute atomic E-state index is 0.147. The molecule has 1 N–H and O–H groups in total. The Kier molecular flexibility index (Phi) is 4.74. The number of aromatic nitrogens is 2. The van der Waals surface area contributed by atoms with Gasteiger partial charge < -0.3 is 4.98 Å². The van der Waals surface area contributed by atoms with Crippen LogP contribution in [0.5, 0.6) is 0 Å². The van der Waals surface area contributed by atoms with Crippen LogP contribution in [0.15, 0.2) is 4.47 Å². The molecule has 0 aliphatic carbocycles. The second kappa shape index (κ2) is 5.41. The quantitative estimate of drug-likeness (QED) is 0.662. The molecule has 0 saturated carbocycles. The topological polar surface area (TPSA) is 28.7 Å². The summed E-state index contributed by atoms with van der Waals surface area (Å²) in [6.45, 7) is 6.20. The average Bonchev–Trinajstić information content (AvgIpc) is 2.11. The minimum Gasteiger partial charge on any atom is -0.345 e. The second-order valence-electron chi connectivity index (χ2n) is 3.93. The lowest BCUT2D eigenvalue weighted by molar-refractivity contribution is 0.627. The van der Waals surface area contributed by atoms with E-state index in [0.717, 1.165) is 22.4 Å². The summed E-state index contributed by atoms with van der Waals surface area (Å²) < 4.78 is 1.46. The fourth-order valence-electron chi connectivity index (χ4n) is 1.26. The molecule has 1 unspecified atom stereocenters. The van der Waals surface area contributed by atoms with Crippen molar-refractivity contribution in [2.75, 3.05) is 0 Å². The maximum Gasteiger partial charge on any atom is 0.144 e. The molecule has 1 atom stereocenters. The third-order valence-electron chi connectivity index (χ3n) is 1.94. The molecule has 1 aromatic rings. The first-order chi connectivity index (χ1) is 6.91.